The third-order valence-electron chi connectivity index (χ3n) is 3.55. The number of benzene rings is 1. The number of halogens is 1. The molecule has 0 N–H and O–H groups in total. The van der Waals surface area contributed by atoms with E-state index < -0.39 is 11.9 Å². The molecule has 0 saturated carbocycles. The summed E-state index contributed by atoms with van der Waals surface area (Å²) in [5.41, 5.74) is 0.715. The molecule has 28 heavy (non-hydrogen) atoms. The quantitative estimate of drug-likeness (QED) is 0.500. The Morgan fingerprint density at radius 3 is 2.86 bits per heavy atom. The van der Waals surface area contributed by atoms with Gasteiger partial charge >= 0.3 is 11.9 Å². The number of hydrogen-bond donors (Lipinski definition) is 0. The van der Waals surface area contributed by atoms with Crippen LogP contribution in [-0.4, -0.2) is 38.2 Å². The van der Waals surface area contributed by atoms with Gasteiger partial charge in [-0.15, -0.1) is 11.3 Å². The van der Waals surface area contributed by atoms with Gasteiger partial charge in [-0.3, -0.25) is 0 Å². The highest BCUT2D eigenvalue weighted by Crippen LogP contribution is 2.37. The molecule has 0 unspecified atom stereocenters. The molecule has 1 aromatic carbocycles. The number of ether oxygens (including phenoxy) is 4. The molecule has 2 aromatic rings. The minimum absolute atomic E-state index is 0.144. The molecule has 1 aliphatic rings. The summed E-state index contributed by atoms with van der Waals surface area (Å²) in [6.07, 6.45) is 1.54. The van der Waals surface area contributed by atoms with Crippen molar-refractivity contribution in [2.24, 2.45) is 4.99 Å². The van der Waals surface area contributed by atoms with Gasteiger partial charge in [0.25, 0.3) is 0 Å². The number of thiophene rings is 1. The highest BCUT2D eigenvalue weighted by Gasteiger charge is 2.25. The minimum Gasteiger partial charge on any atom is -0.490 e. The van der Waals surface area contributed by atoms with Crippen molar-refractivity contribution in [3.63, 3.8) is 0 Å². The molecule has 0 amide bonds. The number of aliphatic imine (C=N–C) groups is 1. The Balaban J connectivity index is 1.91. The standard InChI is InChI=1S/C19H16ClNO6S/c1-3-25-14-9-11(7-12(20)17(14)26-10-16(22)24-2)8-13-19(23)27-18(21-13)15-5-4-6-28-15/h4-9H,3,10H2,1-2H3/b13-8+. The van der Waals surface area contributed by atoms with Crippen LogP contribution in [0.1, 0.15) is 17.4 Å². The zero-order chi connectivity index (χ0) is 20.1. The topological polar surface area (TPSA) is 83.4 Å². The summed E-state index contributed by atoms with van der Waals surface area (Å²) < 4.78 is 20.7. The van der Waals surface area contributed by atoms with Gasteiger partial charge in [0.2, 0.25) is 5.90 Å². The Hall–Kier alpha value is -2.84. The van der Waals surface area contributed by atoms with Crippen molar-refractivity contribution in [2.45, 2.75) is 6.92 Å². The van der Waals surface area contributed by atoms with Gasteiger partial charge < -0.3 is 18.9 Å². The molecule has 0 aliphatic carbocycles. The third kappa shape index (κ3) is 4.52. The average Bonchev–Trinajstić information content (AvgIpc) is 3.31. The number of methoxy groups -OCH3 is 1. The number of cyclic esters (lactones) is 1. The first-order valence-corrected chi connectivity index (χ1v) is 9.50. The SMILES string of the molecule is CCOc1cc(/C=C2/N=C(c3cccs3)OC2=O)cc(Cl)c1OCC(=O)OC. The molecule has 0 spiro atoms. The number of carbonyl (C=O) groups excluding carboxylic acids is 2. The zero-order valence-corrected chi connectivity index (χ0v) is 16.6. The van der Waals surface area contributed by atoms with Crippen LogP contribution in [0.3, 0.4) is 0 Å². The molecule has 146 valence electrons. The zero-order valence-electron chi connectivity index (χ0n) is 15.1. The number of carbonyl (C=O) groups is 2. The second-order valence-corrected chi connectivity index (χ2v) is 6.80. The van der Waals surface area contributed by atoms with Gasteiger partial charge in [0.15, 0.2) is 23.8 Å². The molecule has 9 heteroatoms. The van der Waals surface area contributed by atoms with Crippen molar-refractivity contribution in [3.8, 4) is 11.5 Å². The Morgan fingerprint density at radius 2 is 2.18 bits per heavy atom. The molecule has 0 saturated heterocycles. The minimum atomic E-state index is -0.552. The van der Waals surface area contributed by atoms with Crippen LogP contribution in [0.15, 0.2) is 40.3 Å². The van der Waals surface area contributed by atoms with Crippen LogP contribution in [0.4, 0.5) is 0 Å². The maximum absolute atomic E-state index is 12.1. The number of rotatable bonds is 7. The maximum atomic E-state index is 12.1. The molecule has 1 aliphatic heterocycles. The van der Waals surface area contributed by atoms with Crippen LogP contribution in [-0.2, 0) is 19.1 Å². The van der Waals surface area contributed by atoms with Crippen molar-refractivity contribution < 1.29 is 28.5 Å². The third-order valence-corrected chi connectivity index (χ3v) is 4.69. The molecule has 0 radical (unpaired) electrons. The highest BCUT2D eigenvalue weighted by molar-refractivity contribution is 7.12. The molecule has 0 atom stereocenters. The fourth-order valence-electron chi connectivity index (χ4n) is 2.34. The van der Waals surface area contributed by atoms with Crippen LogP contribution in [0.25, 0.3) is 6.08 Å². The van der Waals surface area contributed by atoms with E-state index in [2.05, 4.69) is 9.73 Å². The van der Waals surface area contributed by atoms with Crippen molar-refractivity contribution in [1.29, 1.82) is 0 Å². The van der Waals surface area contributed by atoms with Crippen molar-refractivity contribution in [1.82, 2.24) is 0 Å². The highest BCUT2D eigenvalue weighted by atomic mass is 35.5. The first-order valence-electron chi connectivity index (χ1n) is 8.24. The van der Waals surface area contributed by atoms with Crippen molar-refractivity contribution in [3.05, 3.63) is 50.8 Å². The fraction of sp³-hybridized carbons (Fsp3) is 0.211. The van der Waals surface area contributed by atoms with E-state index in [1.165, 1.54) is 18.4 Å². The van der Waals surface area contributed by atoms with Gasteiger partial charge in [-0.2, -0.15) is 0 Å². The van der Waals surface area contributed by atoms with E-state index >= 15 is 0 Å². The number of hydrogen-bond acceptors (Lipinski definition) is 8. The van der Waals surface area contributed by atoms with E-state index in [4.69, 9.17) is 25.8 Å². The monoisotopic (exact) mass is 421 g/mol. The van der Waals surface area contributed by atoms with Crippen LogP contribution in [0, 0.1) is 0 Å². The van der Waals surface area contributed by atoms with Gasteiger partial charge in [-0.05, 0) is 42.1 Å². The second-order valence-electron chi connectivity index (χ2n) is 5.44. The lowest BCUT2D eigenvalue weighted by molar-refractivity contribution is -0.143. The van der Waals surface area contributed by atoms with Gasteiger partial charge in [0.05, 0.1) is 23.6 Å². The first-order chi connectivity index (χ1) is 13.5. The van der Waals surface area contributed by atoms with Gasteiger partial charge in [-0.25, -0.2) is 14.6 Å². The van der Waals surface area contributed by atoms with Gasteiger partial charge in [0.1, 0.15) is 0 Å². The van der Waals surface area contributed by atoms with Crippen molar-refractivity contribution in [2.75, 3.05) is 20.3 Å². The summed E-state index contributed by atoms with van der Waals surface area (Å²) in [5.74, 6) is -0.287. The summed E-state index contributed by atoms with van der Waals surface area (Å²) in [6, 6.07) is 6.88. The molecule has 3 rings (SSSR count). The van der Waals surface area contributed by atoms with E-state index in [9.17, 15) is 9.59 Å². The van der Waals surface area contributed by atoms with Crippen LogP contribution < -0.4 is 9.47 Å². The predicted octanol–water partition coefficient (Wildman–Crippen LogP) is 3.70. The number of esters is 2. The average molecular weight is 422 g/mol. The lowest BCUT2D eigenvalue weighted by Gasteiger charge is -2.13. The summed E-state index contributed by atoms with van der Waals surface area (Å²) >= 11 is 7.71. The first kappa shape index (κ1) is 19.9. The molecular weight excluding hydrogens is 406 g/mol. The predicted molar refractivity (Wildman–Crippen MR) is 105 cm³/mol. The van der Waals surface area contributed by atoms with Crippen molar-refractivity contribution >= 4 is 46.9 Å². The largest absolute Gasteiger partial charge is 0.490 e. The van der Waals surface area contributed by atoms with E-state index in [1.807, 2.05) is 17.5 Å². The molecule has 0 fully saturated rings. The summed E-state index contributed by atoms with van der Waals surface area (Å²) in [4.78, 5) is 28.4. The van der Waals surface area contributed by atoms with Crippen LogP contribution in [0.2, 0.25) is 5.02 Å². The Morgan fingerprint density at radius 1 is 1.36 bits per heavy atom. The normalized spacial score (nSPS) is 14.6. The Kier molecular flexibility index (Phi) is 6.33. The molecule has 0 bridgehead atoms. The maximum Gasteiger partial charge on any atom is 0.363 e. The van der Waals surface area contributed by atoms with Gasteiger partial charge in [0, 0.05) is 0 Å². The van der Waals surface area contributed by atoms with E-state index in [-0.39, 0.29) is 29.0 Å². The molecule has 2 heterocycles. The van der Waals surface area contributed by atoms with E-state index in [0.717, 1.165) is 4.88 Å². The smallest absolute Gasteiger partial charge is 0.363 e. The van der Waals surface area contributed by atoms with Crippen LogP contribution in [0.5, 0.6) is 11.5 Å². The van der Waals surface area contributed by atoms with E-state index in [1.54, 1.807) is 25.1 Å². The Bertz CT molecular complexity index is 952. The van der Waals surface area contributed by atoms with E-state index in [0.29, 0.717) is 17.9 Å². The Labute approximate surface area is 170 Å². The van der Waals surface area contributed by atoms with Gasteiger partial charge in [-0.1, -0.05) is 17.7 Å². The molecule has 7 nitrogen and oxygen atoms in total. The lowest BCUT2D eigenvalue weighted by Crippen LogP contribution is -2.13. The summed E-state index contributed by atoms with van der Waals surface area (Å²) in [7, 11) is 1.26. The molecule has 1 aromatic heterocycles. The summed E-state index contributed by atoms with van der Waals surface area (Å²) in [6.45, 7) is 1.85. The summed E-state index contributed by atoms with van der Waals surface area (Å²) in [5, 5.41) is 2.09. The second kappa shape index (κ2) is 8.90. The molecular formula is C19H16ClNO6S. The van der Waals surface area contributed by atoms with Crippen LogP contribution >= 0.6 is 22.9 Å². The lowest BCUT2D eigenvalue weighted by atomic mass is 10.1. The fourth-order valence-corrected chi connectivity index (χ4v) is 3.26. The number of nitrogens with zero attached hydrogens (tertiary/aromatic N) is 1.